The van der Waals surface area contributed by atoms with E-state index in [-0.39, 0.29) is 12.5 Å². The van der Waals surface area contributed by atoms with Crippen LogP contribution in [0, 0.1) is 6.92 Å². The first kappa shape index (κ1) is 19.5. The lowest BCUT2D eigenvalue weighted by atomic mass is 10.2. The quantitative estimate of drug-likeness (QED) is 0.793. The van der Waals surface area contributed by atoms with Crippen LogP contribution < -0.4 is 15.0 Å². The van der Waals surface area contributed by atoms with Gasteiger partial charge in [0.15, 0.2) is 6.61 Å². The molecule has 0 spiro atoms. The van der Waals surface area contributed by atoms with Crippen LogP contribution in [0.1, 0.15) is 5.56 Å². The molecule has 1 fully saturated rings. The first-order chi connectivity index (χ1) is 13.1. The Morgan fingerprint density at radius 1 is 1.11 bits per heavy atom. The van der Waals surface area contributed by atoms with Crippen LogP contribution in [0.2, 0.25) is 5.02 Å². The Morgan fingerprint density at radius 2 is 1.85 bits per heavy atom. The smallest absolute Gasteiger partial charge is 0.257 e. The number of hydrogen-bond donors (Lipinski definition) is 1. The summed E-state index contributed by atoms with van der Waals surface area (Å²) in [5, 5.41) is 3.59. The summed E-state index contributed by atoms with van der Waals surface area (Å²) in [6, 6.07) is 15.9. The number of ether oxygens (including phenoxy) is 1. The van der Waals surface area contributed by atoms with E-state index in [0.717, 1.165) is 38.3 Å². The van der Waals surface area contributed by atoms with Gasteiger partial charge in [-0.05, 0) is 42.8 Å². The van der Waals surface area contributed by atoms with E-state index in [9.17, 15) is 4.79 Å². The summed E-state index contributed by atoms with van der Waals surface area (Å²) in [6.45, 7) is 7.45. The van der Waals surface area contributed by atoms with Crippen molar-refractivity contribution in [1.82, 2.24) is 10.2 Å². The minimum Gasteiger partial charge on any atom is -0.484 e. The van der Waals surface area contributed by atoms with Crippen LogP contribution in [-0.4, -0.2) is 56.7 Å². The zero-order chi connectivity index (χ0) is 19.1. The standard InChI is InChI=1S/C21H26ClN3O2/c1-17-15-18(22)7-8-20(17)27-16-21(26)23-9-10-24-11-13-25(14-12-24)19-5-3-2-4-6-19/h2-8,15H,9-14,16H2,1H3,(H,23,26). The van der Waals surface area contributed by atoms with Crippen molar-refractivity contribution in [2.24, 2.45) is 0 Å². The molecule has 6 heteroatoms. The average molecular weight is 388 g/mol. The molecule has 1 aliphatic rings. The van der Waals surface area contributed by atoms with Gasteiger partial charge >= 0.3 is 0 Å². The summed E-state index contributed by atoms with van der Waals surface area (Å²) < 4.78 is 5.57. The lowest BCUT2D eigenvalue weighted by Crippen LogP contribution is -2.48. The number of para-hydroxylation sites is 1. The van der Waals surface area contributed by atoms with Gasteiger partial charge in [0.1, 0.15) is 5.75 Å². The van der Waals surface area contributed by atoms with Gasteiger partial charge in [0, 0.05) is 50.0 Å². The third-order valence-corrected chi connectivity index (χ3v) is 4.97. The fourth-order valence-corrected chi connectivity index (χ4v) is 3.42. The highest BCUT2D eigenvalue weighted by molar-refractivity contribution is 6.30. The molecule has 1 N–H and O–H groups in total. The maximum Gasteiger partial charge on any atom is 0.257 e. The highest BCUT2D eigenvalue weighted by Crippen LogP contribution is 2.21. The first-order valence-corrected chi connectivity index (χ1v) is 9.67. The monoisotopic (exact) mass is 387 g/mol. The van der Waals surface area contributed by atoms with E-state index in [0.29, 0.717) is 17.3 Å². The van der Waals surface area contributed by atoms with Crippen molar-refractivity contribution < 1.29 is 9.53 Å². The molecule has 2 aromatic carbocycles. The van der Waals surface area contributed by atoms with Crippen molar-refractivity contribution >= 4 is 23.2 Å². The fraction of sp³-hybridized carbons (Fsp3) is 0.381. The predicted octanol–water partition coefficient (Wildman–Crippen LogP) is 2.97. The second-order valence-electron chi connectivity index (χ2n) is 6.71. The highest BCUT2D eigenvalue weighted by atomic mass is 35.5. The van der Waals surface area contributed by atoms with Crippen molar-refractivity contribution in [2.75, 3.05) is 50.8 Å². The molecular formula is C21H26ClN3O2. The van der Waals surface area contributed by atoms with Gasteiger partial charge < -0.3 is 15.0 Å². The number of nitrogens with one attached hydrogen (secondary N) is 1. The van der Waals surface area contributed by atoms with Crippen molar-refractivity contribution in [3.05, 3.63) is 59.1 Å². The second kappa shape index (κ2) is 9.62. The molecule has 1 heterocycles. The normalized spacial score (nSPS) is 14.8. The van der Waals surface area contributed by atoms with Crippen LogP contribution in [0.4, 0.5) is 5.69 Å². The molecule has 0 bridgehead atoms. The van der Waals surface area contributed by atoms with Crippen molar-refractivity contribution in [1.29, 1.82) is 0 Å². The Bertz CT molecular complexity index is 746. The first-order valence-electron chi connectivity index (χ1n) is 9.30. The van der Waals surface area contributed by atoms with Crippen LogP contribution in [0.25, 0.3) is 0 Å². The number of amides is 1. The SMILES string of the molecule is Cc1cc(Cl)ccc1OCC(=O)NCCN1CCN(c2ccccc2)CC1. The van der Waals surface area contributed by atoms with Gasteiger partial charge in [-0.3, -0.25) is 9.69 Å². The number of piperazine rings is 1. The maximum absolute atomic E-state index is 12.0. The van der Waals surface area contributed by atoms with Crippen LogP contribution in [0.15, 0.2) is 48.5 Å². The van der Waals surface area contributed by atoms with Gasteiger partial charge in [0.2, 0.25) is 0 Å². The molecule has 0 atom stereocenters. The summed E-state index contributed by atoms with van der Waals surface area (Å²) in [6.07, 6.45) is 0. The molecule has 27 heavy (non-hydrogen) atoms. The summed E-state index contributed by atoms with van der Waals surface area (Å²) >= 11 is 5.92. The van der Waals surface area contributed by atoms with Gasteiger partial charge in [-0.1, -0.05) is 29.8 Å². The molecule has 5 nitrogen and oxygen atoms in total. The molecule has 0 aromatic heterocycles. The number of nitrogens with zero attached hydrogens (tertiary/aromatic N) is 2. The molecule has 0 saturated carbocycles. The number of benzene rings is 2. The van der Waals surface area contributed by atoms with Crippen molar-refractivity contribution in [3.8, 4) is 5.75 Å². The Labute approximate surface area is 165 Å². The highest BCUT2D eigenvalue weighted by Gasteiger charge is 2.16. The van der Waals surface area contributed by atoms with Gasteiger partial charge in [0.05, 0.1) is 0 Å². The number of hydrogen-bond acceptors (Lipinski definition) is 4. The van der Waals surface area contributed by atoms with E-state index in [4.69, 9.17) is 16.3 Å². The molecular weight excluding hydrogens is 362 g/mol. The van der Waals surface area contributed by atoms with Crippen LogP contribution in [0.5, 0.6) is 5.75 Å². The van der Waals surface area contributed by atoms with Crippen molar-refractivity contribution in [3.63, 3.8) is 0 Å². The minimum absolute atomic E-state index is 0.0181. The zero-order valence-corrected chi connectivity index (χ0v) is 16.4. The molecule has 0 unspecified atom stereocenters. The van der Waals surface area contributed by atoms with E-state index >= 15 is 0 Å². The maximum atomic E-state index is 12.0. The topological polar surface area (TPSA) is 44.8 Å². The van der Waals surface area contributed by atoms with E-state index < -0.39 is 0 Å². The molecule has 0 aliphatic carbocycles. The van der Waals surface area contributed by atoms with Gasteiger partial charge in [-0.25, -0.2) is 0 Å². The van der Waals surface area contributed by atoms with Gasteiger partial charge in [-0.2, -0.15) is 0 Å². The van der Waals surface area contributed by atoms with Crippen LogP contribution in [0.3, 0.4) is 0 Å². The number of rotatable bonds is 7. The van der Waals surface area contributed by atoms with E-state index in [2.05, 4.69) is 39.4 Å². The van der Waals surface area contributed by atoms with Crippen LogP contribution in [-0.2, 0) is 4.79 Å². The number of halogens is 1. The summed E-state index contributed by atoms with van der Waals surface area (Å²) in [7, 11) is 0. The molecule has 1 amide bonds. The molecule has 1 saturated heterocycles. The molecule has 2 aromatic rings. The largest absolute Gasteiger partial charge is 0.484 e. The Morgan fingerprint density at radius 3 is 2.56 bits per heavy atom. The Hall–Kier alpha value is -2.24. The molecule has 3 rings (SSSR count). The fourth-order valence-electron chi connectivity index (χ4n) is 3.19. The average Bonchev–Trinajstić information content (AvgIpc) is 2.68. The number of anilines is 1. The second-order valence-corrected chi connectivity index (χ2v) is 7.15. The van der Waals surface area contributed by atoms with Gasteiger partial charge in [0.25, 0.3) is 5.91 Å². The van der Waals surface area contributed by atoms with Crippen LogP contribution >= 0.6 is 11.6 Å². The van der Waals surface area contributed by atoms with E-state index in [1.54, 1.807) is 12.1 Å². The molecule has 1 aliphatic heterocycles. The van der Waals surface area contributed by atoms with Gasteiger partial charge in [-0.15, -0.1) is 0 Å². The summed E-state index contributed by atoms with van der Waals surface area (Å²) in [4.78, 5) is 16.8. The summed E-state index contributed by atoms with van der Waals surface area (Å²) in [5.74, 6) is 0.582. The lowest BCUT2D eigenvalue weighted by Gasteiger charge is -2.36. The Balaban J connectivity index is 1.32. The minimum atomic E-state index is -0.104. The lowest BCUT2D eigenvalue weighted by molar-refractivity contribution is -0.123. The Kier molecular flexibility index (Phi) is 6.96. The summed E-state index contributed by atoms with van der Waals surface area (Å²) in [5.41, 5.74) is 2.20. The molecule has 0 radical (unpaired) electrons. The van der Waals surface area contributed by atoms with E-state index in [1.807, 2.05) is 19.1 Å². The van der Waals surface area contributed by atoms with Crippen molar-refractivity contribution in [2.45, 2.75) is 6.92 Å². The predicted molar refractivity (Wildman–Crippen MR) is 110 cm³/mol. The number of aryl methyl sites for hydroxylation is 1. The number of carbonyl (C=O) groups is 1. The zero-order valence-electron chi connectivity index (χ0n) is 15.7. The van der Waals surface area contributed by atoms with E-state index in [1.165, 1.54) is 5.69 Å². The molecule has 144 valence electrons. The third-order valence-electron chi connectivity index (χ3n) is 4.74. The third kappa shape index (κ3) is 5.88. The number of carbonyl (C=O) groups excluding carboxylic acids is 1.